The molecule has 13 heteroatoms. The van der Waals surface area contributed by atoms with Crippen LogP contribution < -0.4 is 14.4 Å². The van der Waals surface area contributed by atoms with Gasteiger partial charge in [0.05, 0.1) is 37.3 Å². The van der Waals surface area contributed by atoms with Crippen LogP contribution in [0.4, 0.5) is 5.69 Å². The van der Waals surface area contributed by atoms with Crippen molar-refractivity contribution in [2.24, 2.45) is 7.05 Å². The number of anilines is 1. The van der Waals surface area contributed by atoms with Crippen LogP contribution in [0.2, 0.25) is 0 Å². The fraction of sp³-hybridized carbons (Fsp3) is 0.317. The third kappa shape index (κ3) is 7.65. The zero-order valence-electron chi connectivity index (χ0n) is 30.7. The Morgan fingerprint density at radius 1 is 0.926 bits per heavy atom. The van der Waals surface area contributed by atoms with E-state index in [9.17, 15) is 18.3 Å². The zero-order chi connectivity index (χ0) is 37.8. The normalized spacial score (nSPS) is 13.8. The number of sulfonamides is 1. The molecule has 3 heterocycles. The number of nitrogens with zero attached hydrogens (tertiary/aromatic N) is 4. The highest BCUT2D eigenvalue weighted by atomic mass is 32.2. The standard InChI is InChI=1S/C41H45N5O7S.H2/c1-4-51-41(48)40-33(15-9-25-52-37-16-7-11-28-10-5-6-12-31(28)37)32-13-8-14-34(39(32)42-40)38-35(43-44(2)36(38)26-47)27-53-30-19-17-29(18-20-30)45-21-23-46(24-22-45)54(3,49)50;/h5-8,10-14,16-20,42,47H,4,9,15,21-27H2,1-3H3;1H. The van der Waals surface area contributed by atoms with Crippen LogP contribution in [0, 0.1) is 0 Å². The Morgan fingerprint density at radius 3 is 2.39 bits per heavy atom. The number of aromatic amines is 1. The molecule has 1 fully saturated rings. The zero-order valence-corrected chi connectivity index (χ0v) is 31.6. The van der Waals surface area contributed by atoms with Gasteiger partial charge in [0.2, 0.25) is 10.0 Å². The van der Waals surface area contributed by atoms with Gasteiger partial charge in [-0.1, -0.05) is 54.6 Å². The Morgan fingerprint density at radius 2 is 1.65 bits per heavy atom. The molecule has 1 aliphatic heterocycles. The van der Waals surface area contributed by atoms with Crippen LogP contribution in [0.15, 0.2) is 84.9 Å². The first-order valence-electron chi connectivity index (χ1n) is 18.2. The van der Waals surface area contributed by atoms with E-state index in [2.05, 4.69) is 22.0 Å². The minimum Gasteiger partial charge on any atom is -0.493 e. The number of para-hydroxylation sites is 1. The molecule has 0 aliphatic carbocycles. The fourth-order valence-electron chi connectivity index (χ4n) is 7.27. The summed E-state index contributed by atoms with van der Waals surface area (Å²) in [6.07, 6.45) is 2.48. The molecule has 7 rings (SSSR count). The van der Waals surface area contributed by atoms with Gasteiger partial charge in [-0.25, -0.2) is 13.2 Å². The molecule has 4 aromatic carbocycles. The van der Waals surface area contributed by atoms with Crippen LogP contribution in [0.25, 0.3) is 32.8 Å². The molecule has 6 aromatic rings. The maximum Gasteiger partial charge on any atom is 0.355 e. The molecule has 0 unspecified atom stereocenters. The average molecular weight is 754 g/mol. The molecular weight excluding hydrogens is 707 g/mol. The van der Waals surface area contributed by atoms with Crippen molar-refractivity contribution in [1.29, 1.82) is 0 Å². The van der Waals surface area contributed by atoms with Gasteiger partial charge < -0.3 is 29.2 Å². The summed E-state index contributed by atoms with van der Waals surface area (Å²) in [5.74, 6) is 1.04. The number of aryl methyl sites for hydroxylation is 2. The van der Waals surface area contributed by atoms with E-state index in [1.165, 1.54) is 10.6 Å². The topological polar surface area (TPSA) is 139 Å². The number of aliphatic hydroxyl groups excluding tert-OH is 1. The van der Waals surface area contributed by atoms with Crippen molar-refractivity contribution in [3.05, 3.63) is 108 Å². The van der Waals surface area contributed by atoms with Crippen LogP contribution in [-0.2, 0) is 41.4 Å². The van der Waals surface area contributed by atoms with Crippen molar-refractivity contribution in [3.63, 3.8) is 0 Å². The highest BCUT2D eigenvalue weighted by molar-refractivity contribution is 7.88. The smallest absolute Gasteiger partial charge is 0.355 e. The van der Waals surface area contributed by atoms with Crippen molar-refractivity contribution in [2.45, 2.75) is 33.0 Å². The van der Waals surface area contributed by atoms with Crippen molar-refractivity contribution >= 4 is 43.4 Å². The van der Waals surface area contributed by atoms with Crippen molar-refractivity contribution in [3.8, 4) is 22.6 Å². The van der Waals surface area contributed by atoms with Gasteiger partial charge in [-0.3, -0.25) is 4.68 Å². The van der Waals surface area contributed by atoms with E-state index in [1.54, 1.807) is 18.7 Å². The van der Waals surface area contributed by atoms with Gasteiger partial charge in [-0.05, 0) is 61.0 Å². The molecule has 12 nitrogen and oxygen atoms in total. The summed E-state index contributed by atoms with van der Waals surface area (Å²) >= 11 is 0. The first kappa shape index (κ1) is 37.0. The number of esters is 1. The Bertz CT molecular complexity index is 2380. The highest BCUT2D eigenvalue weighted by Crippen LogP contribution is 2.37. The van der Waals surface area contributed by atoms with E-state index >= 15 is 0 Å². The average Bonchev–Trinajstić information content (AvgIpc) is 3.72. The molecule has 284 valence electrons. The number of aromatic nitrogens is 3. The van der Waals surface area contributed by atoms with Crippen molar-refractivity contribution in [2.75, 3.05) is 50.5 Å². The number of H-pyrrole nitrogens is 1. The summed E-state index contributed by atoms with van der Waals surface area (Å²) < 4.78 is 45.0. The predicted molar refractivity (Wildman–Crippen MR) is 212 cm³/mol. The van der Waals surface area contributed by atoms with Crippen LogP contribution >= 0.6 is 0 Å². The van der Waals surface area contributed by atoms with Crippen LogP contribution in [-0.4, -0.2) is 84.2 Å². The second-order valence-electron chi connectivity index (χ2n) is 13.3. The molecule has 0 amide bonds. The maximum atomic E-state index is 13.3. The predicted octanol–water partition coefficient (Wildman–Crippen LogP) is 6.31. The van der Waals surface area contributed by atoms with Gasteiger partial charge in [0.15, 0.2) is 0 Å². The van der Waals surface area contributed by atoms with E-state index in [-0.39, 0.29) is 21.2 Å². The summed E-state index contributed by atoms with van der Waals surface area (Å²) in [5.41, 5.74) is 5.74. The van der Waals surface area contributed by atoms with E-state index < -0.39 is 16.0 Å². The van der Waals surface area contributed by atoms with Gasteiger partial charge in [-0.2, -0.15) is 9.40 Å². The van der Waals surface area contributed by atoms with E-state index in [0.29, 0.717) is 68.5 Å². The molecule has 0 saturated carbocycles. The van der Waals surface area contributed by atoms with Gasteiger partial charge in [0.25, 0.3) is 0 Å². The van der Waals surface area contributed by atoms with Gasteiger partial charge in [0.1, 0.15) is 29.5 Å². The van der Waals surface area contributed by atoms with Crippen molar-refractivity contribution in [1.82, 2.24) is 19.1 Å². The van der Waals surface area contributed by atoms with Gasteiger partial charge in [-0.15, -0.1) is 0 Å². The number of hydrogen-bond acceptors (Lipinski definition) is 9. The number of aliphatic hydroxyl groups is 1. The molecule has 0 bridgehead atoms. The van der Waals surface area contributed by atoms with E-state index in [0.717, 1.165) is 49.8 Å². The lowest BCUT2D eigenvalue weighted by molar-refractivity contribution is 0.0519. The van der Waals surface area contributed by atoms with Crippen LogP contribution in [0.3, 0.4) is 0 Å². The SMILES string of the molecule is CCOC(=O)c1[nH]c2c(-c3c(COc4ccc(N5CCN(S(C)(=O)=O)CC5)cc4)nn(C)c3CO)cccc2c1CCCOc1cccc2ccccc12.[HH]. The third-order valence-electron chi connectivity index (χ3n) is 9.94. The highest BCUT2D eigenvalue weighted by Gasteiger charge is 2.26. The Kier molecular flexibility index (Phi) is 10.9. The molecule has 1 saturated heterocycles. The molecule has 54 heavy (non-hydrogen) atoms. The number of carbonyl (C=O) groups is 1. The molecule has 2 N–H and O–H groups in total. The number of piperazine rings is 1. The molecule has 0 spiro atoms. The number of benzene rings is 4. The lowest BCUT2D eigenvalue weighted by atomic mass is 9.98. The number of carbonyl (C=O) groups excluding carboxylic acids is 1. The Balaban J connectivity index is 0.00000514. The number of fused-ring (bicyclic) bond motifs is 2. The second kappa shape index (κ2) is 15.9. The van der Waals surface area contributed by atoms with Gasteiger partial charge >= 0.3 is 5.97 Å². The fourth-order valence-corrected chi connectivity index (χ4v) is 8.09. The maximum absolute atomic E-state index is 13.3. The summed E-state index contributed by atoms with van der Waals surface area (Å²) in [6, 6.07) is 27.8. The monoisotopic (exact) mass is 753 g/mol. The third-order valence-corrected chi connectivity index (χ3v) is 11.2. The first-order valence-corrected chi connectivity index (χ1v) is 20.0. The van der Waals surface area contributed by atoms with Crippen LogP contribution in [0.1, 0.15) is 42.2 Å². The number of nitrogens with one attached hydrogen (secondary N) is 1. The molecule has 0 radical (unpaired) electrons. The summed E-state index contributed by atoms with van der Waals surface area (Å²) in [7, 11) is -1.41. The molecule has 2 aromatic heterocycles. The Labute approximate surface area is 316 Å². The van der Waals surface area contributed by atoms with E-state index in [1.807, 2.05) is 72.8 Å². The largest absolute Gasteiger partial charge is 0.493 e. The minimum atomic E-state index is -3.20. The minimum absolute atomic E-state index is 0. The molecule has 0 atom stereocenters. The summed E-state index contributed by atoms with van der Waals surface area (Å²) in [5, 5.41) is 18.3. The van der Waals surface area contributed by atoms with Gasteiger partial charge in [0, 0.05) is 62.2 Å². The lowest BCUT2D eigenvalue weighted by Gasteiger charge is -2.34. The van der Waals surface area contributed by atoms with Crippen molar-refractivity contribution < 1.29 is 34.0 Å². The van der Waals surface area contributed by atoms with E-state index in [4.69, 9.17) is 19.3 Å². The lowest BCUT2D eigenvalue weighted by Crippen LogP contribution is -2.48. The summed E-state index contributed by atoms with van der Waals surface area (Å²) in [6.45, 7) is 4.48. The number of hydrogen-bond donors (Lipinski definition) is 2. The first-order chi connectivity index (χ1) is 26.2. The summed E-state index contributed by atoms with van der Waals surface area (Å²) in [4.78, 5) is 18.9. The number of rotatable bonds is 14. The Hall–Kier alpha value is -5.37. The quantitative estimate of drug-likeness (QED) is 0.0968. The van der Waals surface area contributed by atoms with Crippen LogP contribution in [0.5, 0.6) is 11.5 Å². The molecule has 1 aliphatic rings. The molecular formula is C41H47N5O7S. The number of ether oxygens (including phenoxy) is 3. The second-order valence-corrected chi connectivity index (χ2v) is 15.3.